The van der Waals surface area contributed by atoms with Crippen LogP contribution in [0.2, 0.25) is 0 Å². The number of nitrogens with zero attached hydrogens (tertiary/aromatic N) is 2. The van der Waals surface area contributed by atoms with Gasteiger partial charge in [-0.15, -0.1) is 5.10 Å². The first-order valence-corrected chi connectivity index (χ1v) is 7.61. The van der Waals surface area contributed by atoms with Crippen molar-refractivity contribution in [3.63, 3.8) is 0 Å². The number of H-pyrrole nitrogens is 1. The normalized spacial score (nSPS) is 11.3. The zero-order valence-corrected chi connectivity index (χ0v) is 11.9. The molecule has 2 rings (SSSR count). The minimum atomic E-state index is -3.41. The summed E-state index contributed by atoms with van der Waals surface area (Å²) in [5, 5.41) is 8.79. The van der Waals surface area contributed by atoms with E-state index in [0.717, 1.165) is 0 Å². The highest BCUT2D eigenvalue weighted by atomic mass is 32.2. The SMILES string of the molecule is CCS(=O)(=O)c1ccccc1NC(=O)c1n[nH]c(C)n1. The third kappa shape index (κ3) is 2.85. The van der Waals surface area contributed by atoms with Crippen molar-refractivity contribution >= 4 is 21.4 Å². The lowest BCUT2D eigenvalue weighted by atomic mass is 10.3. The van der Waals surface area contributed by atoms with Crippen LogP contribution in [0.3, 0.4) is 0 Å². The van der Waals surface area contributed by atoms with Gasteiger partial charge in [0.05, 0.1) is 16.3 Å². The molecule has 1 aromatic carbocycles. The van der Waals surface area contributed by atoms with Crippen molar-refractivity contribution in [2.45, 2.75) is 18.7 Å². The predicted octanol–water partition coefficient (Wildman–Crippen LogP) is 1.16. The molecule has 0 atom stereocenters. The summed E-state index contributed by atoms with van der Waals surface area (Å²) in [5.74, 6) is -0.136. The lowest BCUT2D eigenvalue weighted by Crippen LogP contribution is -2.16. The molecular weight excluding hydrogens is 280 g/mol. The van der Waals surface area contributed by atoms with E-state index in [-0.39, 0.29) is 22.2 Å². The Bertz CT molecular complexity index is 737. The van der Waals surface area contributed by atoms with Gasteiger partial charge in [0.15, 0.2) is 9.84 Å². The number of benzene rings is 1. The smallest absolute Gasteiger partial charge is 0.295 e. The molecule has 0 saturated carbocycles. The van der Waals surface area contributed by atoms with Gasteiger partial charge in [-0.2, -0.15) is 0 Å². The quantitative estimate of drug-likeness (QED) is 0.880. The highest BCUT2D eigenvalue weighted by molar-refractivity contribution is 7.91. The molecule has 1 heterocycles. The summed E-state index contributed by atoms with van der Waals surface area (Å²) in [4.78, 5) is 15.9. The first-order chi connectivity index (χ1) is 9.44. The number of anilines is 1. The molecule has 106 valence electrons. The summed E-state index contributed by atoms with van der Waals surface area (Å²) in [6.07, 6.45) is 0. The third-order valence-corrected chi connectivity index (χ3v) is 4.44. The molecule has 8 heteroatoms. The molecule has 0 fully saturated rings. The van der Waals surface area contributed by atoms with E-state index in [1.54, 1.807) is 26.0 Å². The number of nitrogens with one attached hydrogen (secondary N) is 2. The lowest BCUT2D eigenvalue weighted by Gasteiger charge is -2.09. The van der Waals surface area contributed by atoms with Crippen molar-refractivity contribution in [1.29, 1.82) is 0 Å². The van der Waals surface area contributed by atoms with E-state index >= 15 is 0 Å². The van der Waals surface area contributed by atoms with Gasteiger partial charge in [-0.25, -0.2) is 13.4 Å². The number of sulfone groups is 1. The van der Waals surface area contributed by atoms with Gasteiger partial charge in [-0.1, -0.05) is 19.1 Å². The Morgan fingerprint density at radius 2 is 2.05 bits per heavy atom. The average molecular weight is 294 g/mol. The van der Waals surface area contributed by atoms with E-state index in [1.807, 2.05) is 0 Å². The van der Waals surface area contributed by atoms with E-state index in [2.05, 4.69) is 20.5 Å². The number of hydrogen-bond acceptors (Lipinski definition) is 5. The molecule has 1 aromatic heterocycles. The zero-order chi connectivity index (χ0) is 14.8. The van der Waals surface area contributed by atoms with Crippen molar-refractivity contribution < 1.29 is 13.2 Å². The minimum Gasteiger partial charge on any atom is -0.318 e. The van der Waals surface area contributed by atoms with Crippen LogP contribution in [-0.4, -0.2) is 35.3 Å². The first-order valence-electron chi connectivity index (χ1n) is 5.96. The van der Waals surface area contributed by atoms with E-state index in [1.165, 1.54) is 12.1 Å². The predicted molar refractivity (Wildman–Crippen MR) is 73.2 cm³/mol. The maximum atomic E-state index is 12.0. The molecule has 0 spiro atoms. The monoisotopic (exact) mass is 294 g/mol. The maximum Gasteiger partial charge on any atom is 0.295 e. The van der Waals surface area contributed by atoms with Crippen LogP contribution in [0.15, 0.2) is 29.2 Å². The fraction of sp³-hybridized carbons (Fsp3) is 0.250. The molecule has 2 N–H and O–H groups in total. The van der Waals surface area contributed by atoms with Crippen molar-refractivity contribution in [2.24, 2.45) is 0 Å². The molecule has 0 aliphatic heterocycles. The van der Waals surface area contributed by atoms with E-state index in [9.17, 15) is 13.2 Å². The second-order valence-electron chi connectivity index (χ2n) is 4.10. The topological polar surface area (TPSA) is 105 Å². The summed E-state index contributed by atoms with van der Waals surface area (Å²) >= 11 is 0. The van der Waals surface area contributed by atoms with Crippen molar-refractivity contribution in [3.8, 4) is 0 Å². The zero-order valence-electron chi connectivity index (χ0n) is 11.0. The Kier molecular flexibility index (Phi) is 3.84. The molecule has 0 unspecified atom stereocenters. The number of rotatable bonds is 4. The van der Waals surface area contributed by atoms with Crippen LogP contribution in [0.5, 0.6) is 0 Å². The van der Waals surface area contributed by atoms with Crippen LogP contribution in [0.25, 0.3) is 0 Å². The second-order valence-corrected chi connectivity index (χ2v) is 6.34. The van der Waals surface area contributed by atoms with Gasteiger partial charge in [0, 0.05) is 0 Å². The van der Waals surface area contributed by atoms with Crippen molar-refractivity contribution in [1.82, 2.24) is 15.2 Å². The molecule has 0 aliphatic rings. The molecule has 1 amide bonds. The van der Waals surface area contributed by atoms with Gasteiger partial charge in [0.25, 0.3) is 5.91 Å². The number of aromatic nitrogens is 3. The van der Waals surface area contributed by atoms with Crippen LogP contribution in [0.1, 0.15) is 23.4 Å². The summed E-state index contributed by atoms with van der Waals surface area (Å²) in [6.45, 7) is 3.21. The minimum absolute atomic E-state index is 0.0359. The molecule has 0 bridgehead atoms. The van der Waals surface area contributed by atoms with Gasteiger partial charge in [0.2, 0.25) is 5.82 Å². The number of amides is 1. The van der Waals surface area contributed by atoms with E-state index in [4.69, 9.17) is 0 Å². The number of hydrogen-bond donors (Lipinski definition) is 2. The Balaban J connectivity index is 2.33. The number of aromatic amines is 1. The van der Waals surface area contributed by atoms with Gasteiger partial charge < -0.3 is 5.32 Å². The molecule has 0 saturated heterocycles. The Hall–Kier alpha value is -2.22. The summed E-state index contributed by atoms with van der Waals surface area (Å²) in [6, 6.07) is 6.24. The molecule has 0 radical (unpaired) electrons. The Morgan fingerprint density at radius 1 is 1.35 bits per heavy atom. The summed E-state index contributed by atoms with van der Waals surface area (Å²) in [5.41, 5.74) is 0.224. The molecule has 0 aliphatic carbocycles. The fourth-order valence-electron chi connectivity index (χ4n) is 1.62. The maximum absolute atomic E-state index is 12.0. The first kappa shape index (κ1) is 14.2. The molecular formula is C12H14N4O3S. The van der Waals surface area contributed by atoms with Crippen molar-refractivity contribution in [2.75, 3.05) is 11.1 Å². The van der Waals surface area contributed by atoms with Gasteiger partial charge >= 0.3 is 0 Å². The van der Waals surface area contributed by atoms with Gasteiger partial charge in [-0.05, 0) is 19.1 Å². The number of aryl methyl sites for hydroxylation is 1. The number of carbonyl (C=O) groups excluding carboxylic acids is 1. The van der Waals surface area contributed by atoms with Gasteiger partial charge in [-0.3, -0.25) is 9.89 Å². The molecule has 2 aromatic rings. The molecule has 20 heavy (non-hydrogen) atoms. The van der Waals surface area contributed by atoms with Crippen LogP contribution < -0.4 is 5.32 Å². The van der Waals surface area contributed by atoms with Crippen LogP contribution in [0.4, 0.5) is 5.69 Å². The number of carbonyl (C=O) groups is 1. The lowest BCUT2D eigenvalue weighted by molar-refractivity contribution is 0.101. The second kappa shape index (κ2) is 5.41. The standard InChI is InChI=1S/C12H14N4O3S/c1-3-20(18,19)10-7-5-4-6-9(10)14-12(17)11-13-8(2)15-16-11/h4-7H,3H2,1-2H3,(H,14,17)(H,13,15,16). The van der Waals surface area contributed by atoms with E-state index < -0.39 is 15.7 Å². The Labute approximate surface area is 116 Å². The summed E-state index contributed by atoms with van der Waals surface area (Å²) in [7, 11) is -3.41. The van der Waals surface area contributed by atoms with Crippen molar-refractivity contribution in [3.05, 3.63) is 35.9 Å². The highest BCUT2D eigenvalue weighted by Crippen LogP contribution is 2.22. The summed E-state index contributed by atoms with van der Waals surface area (Å²) < 4.78 is 23.9. The largest absolute Gasteiger partial charge is 0.318 e. The molecule has 7 nitrogen and oxygen atoms in total. The van der Waals surface area contributed by atoms with Crippen LogP contribution >= 0.6 is 0 Å². The van der Waals surface area contributed by atoms with Gasteiger partial charge in [0.1, 0.15) is 5.82 Å². The number of para-hydroxylation sites is 1. The Morgan fingerprint density at radius 3 is 2.65 bits per heavy atom. The highest BCUT2D eigenvalue weighted by Gasteiger charge is 2.19. The third-order valence-electron chi connectivity index (χ3n) is 2.65. The van der Waals surface area contributed by atoms with E-state index in [0.29, 0.717) is 5.82 Å². The fourth-order valence-corrected chi connectivity index (χ4v) is 2.67. The van der Waals surface area contributed by atoms with Crippen LogP contribution in [0, 0.1) is 6.92 Å². The van der Waals surface area contributed by atoms with Crippen LogP contribution in [-0.2, 0) is 9.84 Å². The average Bonchev–Trinajstić information content (AvgIpc) is 2.86.